The van der Waals surface area contributed by atoms with Gasteiger partial charge in [0, 0.05) is 16.9 Å². The van der Waals surface area contributed by atoms with Crippen LogP contribution in [0.1, 0.15) is 51.5 Å². The first-order valence-corrected chi connectivity index (χ1v) is 10.0. The number of hydrogen-bond acceptors (Lipinski definition) is 3. The quantitative estimate of drug-likeness (QED) is 0.729. The van der Waals surface area contributed by atoms with Crippen molar-refractivity contribution >= 4 is 17.3 Å². The maximum Gasteiger partial charge on any atom is 0.416 e. The molecular formula is C22H27F3N3O2+. The Labute approximate surface area is 173 Å². The molecule has 0 aliphatic carbocycles. The molecule has 1 atom stereocenters. The molecule has 1 fully saturated rings. The Kier molecular flexibility index (Phi) is 6.08. The molecule has 162 valence electrons. The molecule has 0 radical (unpaired) electrons. The monoisotopic (exact) mass is 422 g/mol. The molecule has 3 rings (SSSR count). The summed E-state index contributed by atoms with van der Waals surface area (Å²) < 4.78 is 38.9. The van der Waals surface area contributed by atoms with Gasteiger partial charge >= 0.3 is 6.18 Å². The van der Waals surface area contributed by atoms with E-state index in [4.69, 9.17) is 0 Å². The number of aromatic amines is 1. The standard InChI is InChI=1S/C22H26F3N3O2/c1-13-19(16(4)29)14(2)26-20(13)21(30)15(3)27-8-10-28(11-9-27)18-7-5-6-17(12-18)22(23,24)25/h5-7,12,15,26H,8-11H2,1-4H3/p+1/t15-/m1/s1. The second kappa shape index (κ2) is 8.26. The van der Waals surface area contributed by atoms with E-state index >= 15 is 0 Å². The number of Topliss-reactive ketones (excluding diaryl/α,β-unsaturated/α-hetero) is 2. The van der Waals surface area contributed by atoms with E-state index in [1.54, 1.807) is 19.9 Å². The van der Waals surface area contributed by atoms with Crippen LogP contribution in [0.4, 0.5) is 18.9 Å². The van der Waals surface area contributed by atoms with E-state index in [1.807, 2.05) is 11.8 Å². The highest BCUT2D eigenvalue weighted by molar-refractivity contribution is 6.04. The maximum atomic E-state index is 13.1. The lowest BCUT2D eigenvalue weighted by molar-refractivity contribution is -0.914. The number of quaternary nitrogens is 1. The van der Waals surface area contributed by atoms with Crippen molar-refractivity contribution in [2.24, 2.45) is 0 Å². The van der Waals surface area contributed by atoms with Gasteiger partial charge in [0.1, 0.15) is 0 Å². The van der Waals surface area contributed by atoms with E-state index in [9.17, 15) is 22.8 Å². The van der Waals surface area contributed by atoms with Crippen LogP contribution in [0, 0.1) is 13.8 Å². The Bertz CT molecular complexity index is 957. The number of benzene rings is 1. The number of alkyl halides is 3. The van der Waals surface area contributed by atoms with Crippen molar-refractivity contribution in [2.75, 3.05) is 31.1 Å². The number of halogens is 3. The lowest BCUT2D eigenvalue weighted by Crippen LogP contribution is -3.18. The summed E-state index contributed by atoms with van der Waals surface area (Å²) in [6.45, 7) is 9.32. The molecule has 0 saturated carbocycles. The third-order valence-corrected chi connectivity index (χ3v) is 5.99. The van der Waals surface area contributed by atoms with Gasteiger partial charge in [-0.05, 0) is 51.5 Å². The molecule has 5 nitrogen and oxygen atoms in total. The van der Waals surface area contributed by atoms with Crippen LogP contribution in [0.15, 0.2) is 24.3 Å². The average molecular weight is 422 g/mol. The van der Waals surface area contributed by atoms with Gasteiger partial charge in [-0.3, -0.25) is 9.59 Å². The number of carbonyl (C=O) groups is 2. The molecule has 1 aliphatic rings. The summed E-state index contributed by atoms with van der Waals surface area (Å²) in [4.78, 5) is 31.0. The summed E-state index contributed by atoms with van der Waals surface area (Å²) in [6, 6.07) is 5.04. The highest BCUT2D eigenvalue weighted by Crippen LogP contribution is 2.31. The number of nitrogens with one attached hydrogen (secondary N) is 2. The van der Waals surface area contributed by atoms with Crippen LogP contribution in [0.5, 0.6) is 0 Å². The van der Waals surface area contributed by atoms with Crippen molar-refractivity contribution in [1.82, 2.24) is 4.98 Å². The average Bonchev–Trinajstić information content (AvgIpc) is 3.00. The Hall–Kier alpha value is -2.61. The van der Waals surface area contributed by atoms with Crippen molar-refractivity contribution in [3.63, 3.8) is 0 Å². The molecule has 1 aliphatic heterocycles. The van der Waals surface area contributed by atoms with Crippen LogP contribution >= 0.6 is 0 Å². The van der Waals surface area contributed by atoms with Gasteiger partial charge in [-0.1, -0.05) is 6.07 Å². The summed E-state index contributed by atoms with van der Waals surface area (Å²) in [5.74, 6) is -0.124. The van der Waals surface area contributed by atoms with Crippen molar-refractivity contribution in [3.8, 4) is 0 Å². The van der Waals surface area contributed by atoms with Crippen LogP contribution in [-0.4, -0.2) is 48.8 Å². The van der Waals surface area contributed by atoms with Crippen LogP contribution in [-0.2, 0) is 6.18 Å². The minimum absolute atomic E-state index is 0.0504. The Morgan fingerprint density at radius 2 is 1.80 bits per heavy atom. The number of ketones is 2. The van der Waals surface area contributed by atoms with Gasteiger partial charge in [0.2, 0.25) is 5.78 Å². The summed E-state index contributed by atoms with van der Waals surface area (Å²) in [5.41, 5.74) is 2.30. The molecule has 0 unspecified atom stereocenters. The van der Waals surface area contributed by atoms with Crippen molar-refractivity contribution in [3.05, 3.63) is 52.3 Å². The van der Waals surface area contributed by atoms with Gasteiger partial charge in [-0.15, -0.1) is 0 Å². The number of nitrogens with zero attached hydrogens (tertiary/aromatic N) is 1. The SMILES string of the molecule is CC(=O)c1c(C)[nH]c(C(=O)[C@@H](C)[NH+]2CCN(c3cccc(C(F)(F)F)c3)CC2)c1C. The zero-order chi connectivity index (χ0) is 22.2. The number of rotatable bonds is 5. The zero-order valence-electron chi connectivity index (χ0n) is 17.6. The topological polar surface area (TPSA) is 57.6 Å². The first kappa shape index (κ1) is 22.1. The first-order chi connectivity index (χ1) is 14.0. The smallest absolute Gasteiger partial charge is 0.360 e. The van der Waals surface area contributed by atoms with E-state index in [-0.39, 0.29) is 17.6 Å². The van der Waals surface area contributed by atoms with Gasteiger partial charge in [0.25, 0.3) is 0 Å². The van der Waals surface area contributed by atoms with Crippen LogP contribution in [0.2, 0.25) is 0 Å². The molecule has 1 aromatic heterocycles. The van der Waals surface area contributed by atoms with Gasteiger partial charge in [-0.2, -0.15) is 13.2 Å². The van der Waals surface area contributed by atoms with Gasteiger partial charge in [-0.25, -0.2) is 0 Å². The summed E-state index contributed by atoms with van der Waals surface area (Å²) in [7, 11) is 0. The minimum atomic E-state index is -4.37. The predicted molar refractivity (Wildman–Crippen MR) is 108 cm³/mol. The molecule has 2 aromatic rings. The fourth-order valence-electron chi connectivity index (χ4n) is 4.29. The van der Waals surface area contributed by atoms with Crippen molar-refractivity contribution in [1.29, 1.82) is 0 Å². The molecule has 2 N–H and O–H groups in total. The second-order valence-electron chi connectivity index (χ2n) is 7.96. The number of aryl methyl sites for hydroxylation is 1. The summed E-state index contributed by atoms with van der Waals surface area (Å²) >= 11 is 0. The lowest BCUT2D eigenvalue weighted by atomic mass is 10.0. The van der Waals surface area contributed by atoms with Crippen LogP contribution < -0.4 is 9.80 Å². The lowest BCUT2D eigenvalue weighted by Gasteiger charge is -2.36. The number of hydrogen-bond donors (Lipinski definition) is 2. The van der Waals surface area contributed by atoms with Crippen LogP contribution in [0.25, 0.3) is 0 Å². The molecule has 2 heterocycles. The Morgan fingerprint density at radius 3 is 2.33 bits per heavy atom. The normalized spacial score (nSPS) is 16.6. The summed E-state index contributed by atoms with van der Waals surface area (Å²) in [5, 5.41) is 0. The number of H-pyrrole nitrogens is 1. The fourth-order valence-corrected chi connectivity index (χ4v) is 4.29. The molecular weight excluding hydrogens is 395 g/mol. The van der Waals surface area contributed by atoms with E-state index in [0.717, 1.165) is 11.0 Å². The largest absolute Gasteiger partial charge is 0.416 e. The molecule has 0 bridgehead atoms. The fraction of sp³-hybridized carbons (Fsp3) is 0.455. The van der Waals surface area contributed by atoms with Gasteiger partial charge in [0.05, 0.1) is 37.4 Å². The van der Waals surface area contributed by atoms with Crippen molar-refractivity contribution in [2.45, 2.75) is 39.9 Å². The van der Waals surface area contributed by atoms with Crippen LogP contribution in [0.3, 0.4) is 0 Å². The highest BCUT2D eigenvalue weighted by atomic mass is 19.4. The molecule has 8 heteroatoms. The number of piperazine rings is 1. The zero-order valence-corrected chi connectivity index (χ0v) is 17.6. The Balaban J connectivity index is 1.69. The van der Waals surface area contributed by atoms with E-state index in [0.29, 0.717) is 54.4 Å². The third-order valence-electron chi connectivity index (χ3n) is 5.99. The van der Waals surface area contributed by atoms with E-state index < -0.39 is 11.7 Å². The van der Waals surface area contributed by atoms with E-state index in [1.165, 1.54) is 19.1 Å². The van der Waals surface area contributed by atoms with E-state index in [2.05, 4.69) is 4.98 Å². The maximum absolute atomic E-state index is 13.1. The predicted octanol–water partition coefficient (Wildman–Crippen LogP) is 2.83. The number of carbonyl (C=O) groups excluding carboxylic acids is 2. The minimum Gasteiger partial charge on any atom is -0.360 e. The van der Waals surface area contributed by atoms with Gasteiger partial charge < -0.3 is 14.8 Å². The first-order valence-electron chi connectivity index (χ1n) is 10.0. The molecule has 0 amide bonds. The molecule has 1 aromatic carbocycles. The molecule has 30 heavy (non-hydrogen) atoms. The highest BCUT2D eigenvalue weighted by Gasteiger charge is 2.34. The Morgan fingerprint density at radius 1 is 1.17 bits per heavy atom. The van der Waals surface area contributed by atoms with Gasteiger partial charge in [0.15, 0.2) is 11.8 Å². The van der Waals surface area contributed by atoms with Crippen molar-refractivity contribution < 1.29 is 27.7 Å². The third kappa shape index (κ3) is 4.28. The second-order valence-corrected chi connectivity index (χ2v) is 7.96. The number of anilines is 1. The molecule has 1 saturated heterocycles. The summed E-state index contributed by atoms with van der Waals surface area (Å²) in [6.07, 6.45) is -4.37. The molecule has 0 spiro atoms. The number of aromatic nitrogens is 1.